The van der Waals surface area contributed by atoms with Crippen LogP contribution in [0.25, 0.3) is 11.4 Å². The van der Waals surface area contributed by atoms with Crippen molar-refractivity contribution in [2.75, 3.05) is 19.6 Å². The van der Waals surface area contributed by atoms with E-state index in [1.165, 1.54) is 12.1 Å². The second-order valence-electron chi connectivity index (χ2n) is 8.40. The van der Waals surface area contributed by atoms with Gasteiger partial charge in [-0.2, -0.15) is 4.98 Å². The minimum atomic E-state index is -0.223. The van der Waals surface area contributed by atoms with Crippen molar-refractivity contribution < 1.29 is 13.7 Å². The Morgan fingerprint density at radius 1 is 1.16 bits per heavy atom. The number of benzene rings is 2. The number of nitrogens with zero attached hydrogens (tertiary/aromatic N) is 3. The van der Waals surface area contributed by atoms with Crippen LogP contribution in [0.5, 0.6) is 0 Å². The molecule has 7 heteroatoms. The van der Waals surface area contributed by atoms with Crippen molar-refractivity contribution in [1.29, 1.82) is 0 Å². The number of halogens is 1. The van der Waals surface area contributed by atoms with Crippen molar-refractivity contribution in [2.45, 2.75) is 39.2 Å². The van der Waals surface area contributed by atoms with E-state index in [4.69, 9.17) is 4.52 Å². The summed E-state index contributed by atoms with van der Waals surface area (Å²) in [5, 5.41) is 7.18. The predicted octanol–water partition coefficient (Wildman–Crippen LogP) is 4.15. The van der Waals surface area contributed by atoms with Gasteiger partial charge in [0.05, 0.1) is 6.54 Å². The van der Waals surface area contributed by atoms with Gasteiger partial charge in [0.25, 0.3) is 0 Å². The smallest absolute Gasteiger partial charge is 0.241 e. The first kappa shape index (κ1) is 22.1. The van der Waals surface area contributed by atoms with Crippen LogP contribution in [0.2, 0.25) is 0 Å². The summed E-state index contributed by atoms with van der Waals surface area (Å²) in [6.45, 7) is 4.93. The predicted molar refractivity (Wildman–Crippen MR) is 120 cm³/mol. The molecule has 2 heterocycles. The molecule has 1 aliphatic rings. The molecule has 0 aliphatic carbocycles. The van der Waals surface area contributed by atoms with Gasteiger partial charge in [0.1, 0.15) is 5.82 Å². The van der Waals surface area contributed by atoms with Crippen molar-refractivity contribution in [3.63, 3.8) is 0 Å². The molecule has 3 aromatic rings. The van der Waals surface area contributed by atoms with Crippen LogP contribution in [-0.4, -0.2) is 40.6 Å². The number of aromatic nitrogens is 2. The number of piperidine rings is 1. The number of carbonyl (C=O) groups is 1. The fraction of sp³-hybridized carbons (Fsp3) is 0.400. The molecule has 6 nitrogen and oxygen atoms in total. The molecule has 0 spiro atoms. The Balaban J connectivity index is 1.18. The van der Waals surface area contributed by atoms with Crippen molar-refractivity contribution in [3.05, 3.63) is 71.4 Å². The van der Waals surface area contributed by atoms with Crippen LogP contribution in [0.3, 0.4) is 0 Å². The third kappa shape index (κ3) is 5.79. The minimum absolute atomic E-state index is 0.0438. The van der Waals surface area contributed by atoms with Gasteiger partial charge in [0, 0.05) is 18.0 Å². The molecule has 0 radical (unpaired) electrons. The Hall–Kier alpha value is -3.06. The second-order valence-corrected chi connectivity index (χ2v) is 8.40. The number of rotatable bonds is 8. The second kappa shape index (κ2) is 10.5. The summed E-state index contributed by atoms with van der Waals surface area (Å²) in [7, 11) is 0. The van der Waals surface area contributed by atoms with Crippen molar-refractivity contribution >= 4 is 5.91 Å². The number of nitrogens with one attached hydrogen (secondary N) is 1. The Morgan fingerprint density at radius 2 is 1.91 bits per heavy atom. The van der Waals surface area contributed by atoms with E-state index in [0.29, 0.717) is 24.8 Å². The highest BCUT2D eigenvalue weighted by molar-refractivity contribution is 5.78. The van der Waals surface area contributed by atoms with E-state index in [1.807, 2.05) is 31.2 Å². The molecular formula is C25H29FN4O2. The van der Waals surface area contributed by atoms with Crippen molar-refractivity contribution in [1.82, 2.24) is 20.4 Å². The molecule has 1 saturated heterocycles. The zero-order valence-electron chi connectivity index (χ0n) is 18.4. The average Bonchev–Trinajstić information content (AvgIpc) is 3.27. The summed E-state index contributed by atoms with van der Waals surface area (Å²) in [6, 6.07) is 14.5. The van der Waals surface area contributed by atoms with Gasteiger partial charge in [0.2, 0.25) is 17.6 Å². The summed E-state index contributed by atoms with van der Waals surface area (Å²) in [5.41, 5.74) is 3.18. The van der Waals surface area contributed by atoms with Crippen molar-refractivity contribution in [3.8, 4) is 11.4 Å². The zero-order valence-corrected chi connectivity index (χ0v) is 18.4. The van der Waals surface area contributed by atoms with Gasteiger partial charge in [-0.25, -0.2) is 4.39 Å². The third-order valence-electron chi connectivity index (χ3n) is 6.03. The standard InChI is InChI=1S/C25H29FN4O2/c1-18-5-2-3-7-22(18)24-28-23(32-29-24)17-30-15-12-20(13-16-30)25(31)27-14-4-6-19-8-10-21(26)11-9-19/h2-3,5,7-11,20H,4,6,12-17H2,1H3,(H,27,31). The third-order valence-corrected chi connectivity index (χ3v) is 6.03. The highest BCUT2D eigenvalue weighted by atomic mass is 19.1. The van der Waals surface area contributed by atoms with Gasteiger partial charge in [-0.3, -0.25) is 9.69 Å². The first-order valence-electron chi connectivity index (χ1n) is 11.2. The van der Waals surface area contributed by atoms with Crippen LogP contribution < -0.4 is 5.32 Å². The van der Waals surface area contributed by atoms with Gasteiger partial charge < -0.3 is 9.84 Å². The molecule has 1 fully saturated rings. The van der Waals surface area contributed by atoms with E-state index >= 15 is 0 Å². The van der Waals surface area contributed by atoms with Crippen LogP contribution in [0.4, 0.5) is 4.39 Å². The molecule has 1 N–H and O–H groups in total. The molecule has 1 aliphatic heterocycles. The Labute approximate surface area is 187 Å². The number of amides is 1. The topological polar surface area (TPSA) is 71.3 Å². The van der Waals surface area contributed by atoms with Gasteiger partial charge in [-0.1, -0.05) is 41.6 Å². The Morgan fingerprint density at radius 3 is 2.66 bits per heavy atom. The highest BCUT2D eigenvalue weighted by Gasteiger charge is 2.25. The van der Waals surface area contributed by atoms with E-state index < -0.39 is 0 Å². The normalized spacial score (nSPS) is 15.1. The largest absolute Gasteiger partial charge is 0.356 e. The average molecular weight is 437 g/mol. The van der Waals surface area contributed by atoms with Crippen LogP contribution in [0, 0.1) is 18.7 Å². The summed E-state index contributed by atoms with van der Waals surface area (Å²) < 4.78 is 18.4. The lowest BCUT2D eigenvalue weighted by Crippen LogP contribution is -2.40. The fourth-order valence-electron chi connectivity index (χ4n) is 4.10. The minimum Gasteiger partial charge on any atom is -0.356 e. The lowest BCUT2D eigenvalue weighted by atomic mass is 9.96. The van der Waals surface area contributed by atoms with Crippen molar-refractivity contribution in [2.24, 2.45) is 5.92 Å². The molecular weight excluding hydrogens is 407 g/mol. The van der Waals surface area contributed by atoms with E-state index in [9.17, 15) is 9.18 Å². The van der Waals surface area contributed by atoms with Gasteiger partial charge in [-0.15, -0.1) is 0 Å². The Kier molecular flexibility index (Phi) is 7.27. The lowest BCUT2D eigenvalue weighted by Gasteiger charge is -2.30. The van der Waals surface area contributed by atoms with Gasteiger partial charge in [0.15, 0.2) is 0 Å². The number of hydrogen-bond donors (Lipinski definition) is 1. The maximum Gasteiger partial charge on any atom is 0.241 e. The summed E-state index contributed by atoms with van der Waals surface area (Å²) in [4.78, 5) is 19.3. The first-order valence-corrected chi connectivity index (χ1v) is 11.2. The SMILES string of the molecule is Cc1ccccc1-c1noc(CN2CCC(C(=O)NCCCc3ccc(F)cc3)CC2)n1. The molecule has 0 unspecified atom stereocenters. The summed E-state index contributed by atoms with van der Waals surface area (Å²) in [5.74, 6) is 1.17. The van der Waals surface area contributed by atoms with Crippen LogP contribution in [0.15, 0.2) is 53.1 Å². The van der Waals surface area contributed by atoms with Crippen LogP contribution in [0.1, 0.15) is 36.3 Å². The van der Waals surface area contributed by atoms with E-state index in [0.717, 1.165) is 55.5 Å². The fourth-order valence-corrected chi connectivity index (χ4v) is 4.10. The van der Waals surface area contributed by atoms with Gasteiger partial charge >= 0.3 is 0 Å². The molecule has 168 valence electrons. The number of hydrogen-bond acceptors (Lipinski definition) is 5. The molecule has 0 atom stereocenters. The van der Waals surface area contributed by atoms with Crippen LogP contribution in [-0.2, 0) is 17.8 Å². The quantitative estimate of drug-likeness (QED) is 0.537. The lowest BCUT2D eigenvalue weighted by molar-refractivity contribution is -0.126. The molecule has 4 rings (SSSR count). The van der Waals surface area contributed by atoms with Crippen LogP contribution >= 0.6 is 0 Å². The number of likely N-dealkylation sites (tertiary alicyclic amines) is 1. The monoisotopic (exact) mass is 436 g/mol. The van der Waals surface area contributed by atoms with E-state index in [1.54, 1.807) is 12.1 Å². The Bertz CT molecular complexity index is 1030. The summed E-state index contributed by atoms with van der Waals surface area (Å²) in [6.07, 6.45) is 3.31. The molecule has 32 heavy (non-hydrogen) atoms. The van der Waals surface area contributed by atoms with E-state index in [2.05, 4.69) is 20.4 Å². The maximum atomic E-state index is 13.0. The van der Waals surface area contributed by atoms with E-state index in [-0.39, 0.29) is 17.6 Å². The van der Waals surface area contributed by atoms with Gasteiger partial charge in [-0.05, 0) is 69.0 Å². The molecule has 0 saturated carbocycles. The molecule has 2 aromatic carbocycles. The molecule has 1 aromatic heterocycles. The molecule has 0 bridgehead atoms. The molecule has 1 amide bonds. The highest BCUT2D eigenvalue weighted by Crippen LogP contribution is 2.22. The first-order chi connectivity index (χ1) is 15.6. The maximum absolute atomic E-state index is 13.0. The number of carbonyl (C=O) groups excluding carboxylic acids is 1. The zero-order chi connectivity index (χ0) is 22.3. The summed E-state index contributed by atoms with van der Waals surface area (Å²) >= 11 is 0. The number of aryl methyl sites for hydroxylation is 2.